The number of carbonyl (C=O) groups excluding carboxylic acids is 1. The van der Waals surface area contributed by atoms with Gasteiger partial charge in [0, 0.05) is 23.8 Å². The Morgan fingerprint density at radius 1 is 0.974 bits per heavy atom. The Morgan fingerprint density at radius 2 is 1.61 bits per heavy atom. The van der Waals surface area contributed by atoms with Crippen LogP contribution in [0.15, 0.2) is 72.8 Å². The molecule has 1 aliphatic heterocycles. The molecule has 3 aromatic carbocycles. The summed E-state index contributed by atoms with van der Waals surface area (Å²) in [5.74, 6) is -1.14. The van der Waals surface area contributed by atoms with Crippen molar-refractivity contribution in [2.75, 3.05) is 24.6 Å². The monoisotopic (exact) mass is 535 g/mol. The van der Waals surface area contributed by atoms with Crippen molar-refractivity contribution in [2.24, 2.45) is 5.92 Å². The Bertz CT molecular complexity index is 1240. The number of esters is 1. The smallest absolute Gasteiger partial charge is 0.335 e. The predicted octanol–water partition coefficient (Wildman–Crippen LogP) is 7.02. The van der Waals surface area contributed by atoms with Gasteiger partial charge in [-0.3, -0.25) is 0 Å². The minimum absolute atomic E-state index is 0.131. The van der Waals surface area contributed by atoms with Gasteiger partial charge in [-0.2, -0.15) is 0 Å². The van der Waals surface area contributed by atoms with Crippen LogP contribution in [0, 0.1) is 5.92 Å². The molecule has 1 N–H and O–H groups in total. The van der Waals surface area contributed by atoms with Crippen LogP contribution in [-0.2, 0) is 14.3 Å². The van der Waals surface area contributed by atoms with Crippen LogP contribution in [0.2, 0.25) is 5.02 Å². The molecule has 0 radical (unpaired) electrons. The van der Waals surface area contributed by atoms with Gasteiger partial charge in [-0.05, 0) is 92.6 Å². The molecule has 7 heteroatoms. The van der Waals surface area contributed by atoms with E-state index in [2.05, 4.69) is 17.0 Å². The maximum absolute atomic E-state index is 12.6. The molecule has 1 aliphatic rings. The number of piperidine rings is 1. The highest BCUT2D eigenvalue weighted by atomic mass is 35.5. The van der Waals surface area contributed by atoms with Gasteiger partial charge in [0.25, 0.3) is 0 Å². The average molecular weight is 536 g/mol. The molecule has 4 rings (SSSR count). The number of ether oxygens (including phenoxy) is 2. The van der Waals surface area contributed by atoms with E-state index in [0.29, 0.717) is 5.02 Å². The second-order valence-corrected chi connectivity index (χ2v) is 11.0. The number of anilines is 1. The highest BCUT2D eigenvalue weighted by molar-refractivity contribution is 6.30. The van der Waals surface area contributed by atoms with Gasteiger partial charge in [0.2, 0.25) is 0 Å². The van der Waals surface area contributed by atoms with Crippen molar-refractivity contribution in [1.82, 2.24) is 0 Å². The molecule has 38 heavy (non-hydrogen) atoms. The first kappa shape index (κ1) is 27.7. The number of carbonyl (C=O) groups is 2. The van der Waals surface area contributed by atoms with Crippen LogP contribution in [0.1, 0.15) is 55.6 Å². The van der Waals surface area contributed by atoms with E-state index < -0.39 is 11.6 Å². The van der Waals surface area contributed by atoms with Gasteiger partial charge in [0.05, 0.1) is 11.7 Å². The van der Waals surface area contributed by atoms with Gasteiger partial charge in [0.15, 0.2) is 0 Å². The molecule has 0 aliphatic carbocycles. The highest BCUT2D eigenvalue weighted by Gasteiger charge is 2.31. The number of halogens is 1. The van der Waals surface area contributed by atoms with E-state index in [1.807, 2.05) is 69.3 Å². The third-order valence-electron chi connectivity index (χ3n) is 6.67. The molecule has 0 saturated carbocycles. The molecule has 6 nitrogen and oxygen atoms in total. The van der Waals surface area contributed by atoms with Crippen molar-refractivity contribution in [3.05, 3.63) is 88.9 Å². The zero-order chi connectivity index (χ0) is 27.3. The maximum atomic E-state index is 12.6. The summed E-state index contributed by atoms with van der Waals surface area (Å²) in [5, 5.41) is 9.87. The SMILES string of the molecule is CC(C)(C)OC(=O)CO[C@@H](c1ccccc1-c1ccc(Cl)cc1)C1CCN(c2ccc(C(=O)O)cc2)CC1. The summed E-state index contributed by atoms with van der Waals surface area (Å²) in [6, 6.07) is 22.9. The Morgan fingerprint density at radius 3 is 2.21 bits per heavy atom. The van der Waals surface area contributed by atoms with Crippen molar-refractivity contribution >= 4 is 29.2 Å². The molecule has 0 amide bonds. The van der Waals surface area contributed by atoms with E-state index in [0.717, 1.165) is 48.3 Å². The van der Waals surface area contributed by atoms with Crippen LogP contribution in [0.3, 0.4) is 0 Å². The van der Waals surface area contributed by atoms with Crippen molar-refractivity contribution < 1.29 is 24.2 Å². The number of aromatic carboxylic acids is 1. The Hall–Kier alpha value is -3.35. The van der Waals surface area contributed by atoms with Gasteiger partial charge in [0.1, 0.15) is 12.2 Å². The Labute approximate surface area is 229 Å². The molecule has 1 saturated heterocycles. The highest BCUT2D eigenvalue weighted by Crippen LogP contribution is 2.39. The molecule has 1 fully saturated rings. The molecular formula is C31H34ClNO5. The molecule has 0 unspecified atom stereocenters. The molecule has 0 aromatic heterocycles. The van der Waals surface area contributed by atoms with E-state index in [1.165, 1.54) is 0 Å². The minimum atomic E-state index is -0.931. The standard InChI is InChI=1S/C31H34ClNO5/c1-31(2,3)38-28(34)20-37-29(27-7-5-4-6-26(27)21-8-12-24(32)13-9-21)22-16-18-33(19-17-22)25-14-10-23(11-15-25)30(35)36/h4-15,22,29H,16-20H2,1-3H3,(H,35,36)/t29-/m1/s1. The van der Waals surface area contributed by atoms with Crippen molar-refractivity contribution in [2.45, 2.75) is 45.3 Å². The van der Waals surface area contributed by atoms with Crippen molar-refractivity contribution in [1.29, 1.82) is 0 Å². The number of hydrogen-bond acceptors (Lipinski definition) is 5. The number of hydrogen-bond donors (Lipinski definition) is 1. The third-order valence-corrected chi connectivity index (χ3v) is 6.92. The molecular weight excluding hydrogens is 502 g/mol. The summed E-state index contributed by atoms with van der Waals surface area (Å²) in [7, 11) is 0. The summed E-state index contributed by atoms with van der Waals surface area (Å²) >= 11 is 6.14. The van der Waals surface area contributed by atoms with Crippen LogP contribution in [-0.4, -0.2) is 42.3 Å². The molecule has 200 valence electrons. The fourth-order valence-electron chi connectivity index (χ4n) is 4.92. The van der Waals surface area contributed by atoms with Gasteiger partial charge in [-0.25, -0.2) is 9.59 Å². The van der Waals surface area contributed by atoms with Gasteiger partial charge in [-0.15, -0.1) is 0 Å². The number of nitrogens with zero attached hydrogens (tertiary/aromatic N) is 1. The van der Waals surface area contributed by atoms with Crippen LogP contribution < -0.4 is 4.90 Å². The van der Waals surface area contributed by atoms with Crippen LogP contribution in [0.4, 0.5) is 5.69 Å². The Kier molecular flexibility index (Phi) is 8.75. The fraction of sp³-hybridized carbons (Fsp3) is 0.355. The van der Waals surface area contributed by atoms with Crippen LogP contribution in [0.25, 0.3) is 11.1 Å². The topological polar surface area (TPSA) is 76.1 Å². The predicted molar refractivity (Wildman–Crippen MR) is 150 cm³/mol. The lowest BCUT2D eigenvalue weighted by molar-refractivity contribution is -0.163. The largest absolute Gasteiger partial charge is 0.478 e. The summed E-state index contributed by atoms with van der Waals surface area (Å²) in [5.41, 5.74) is 3.80. The van der Waals surface area contributed by atoms with Crippen LogP contribution in [0.5, 0.6) is 0 Å². The zero-order valence-corrected chi connectivity index (χ0v) is 22.8. The van der Waals surface area contributed by atoms with E-state index in [4.69, 9.17) is 21.1 Å². The van der Waals surface area contributed by atoms with E-state index in [9.17, 15) is 14.7 Å². The first-order chi connectivity index (χ1) is 18.1. The first-order valence-electron chi connectivity index (χ1n) is 12.9. The number of carboxylic acid groups (broad SMARTS) is 1. The summed E-state index contributed by atoms with van der Waals surface area (Å²) < 4.78 is 11.9. The zero-order valence-electron chi connectivity index (χ0n) is 22.0. The number of benzene rings is 3. The summed E-state index contributed by atoms with van der Waals surface area (Å²) in [4.78, 5) is 26.0. The molecule has 0 bridgehead atoms. The maximum Gasteiger partial charge on any atom is 0.335 e. The third kappa shape index (κ3) is 7.15. The normalized spacial score (nSPS) is 15.2. The average Bonchev–Trinajstić information content (AvgIpc) is 2.89. The lowest BCUT2D eigenvalue weighted by atomic mass is 9.84. The first-order valence-corrected chi connectivity index (χ1v) is 13.2. The summed E-state index contributed by atoms with van der Waals surface area (Å²) in [6.45, 7) is 7.00. The molecule has 3 aromatic rings. The van der Waals surface area contributed by atoms with Gasteiger partial charge < -0.3 is 19.5 Å². The molecule has 0 spiro atoms. The molecule has 1 atom stereocenters. The van der Waals surface area contributed by atoms with E-state index >= 15 is 0 Å². The van der Waals surface area contributed by atoms with E-state index in [-0.39, 0.29) is 30.2 Å². The van der Waals surface area contributed by atoms with E-state index in [1.54, 1.807) is 12.1 Å². The number of carboxylic acids is 1. The quantitative estimate of drug-likeness (QED) is 0.312. The minimum Gasteiger partial charge on any atom is -0.478 e. The van der Waals surface area contributed by atoms with Gasteiger partial charge in [-0.1, -0.05) is 48.0 Å². The number of rotatable bonds is 8. The van der Waals surface area contributed by atoms with Crippen molar-refractivity contribution in [3.8, 4) is 11.1 Å². The second-order valence-electron chi connectivity index (χ2n) is 10.6. The van der Waals surface area contributed by atoms with Crippen LogP contribution >= 0.6 is 11.6 Å². The summed E-state index contributed by atoms with van der Waals surface area (Å²) in [6.07, 6.45) is 1.41. The van der Waals surface area contributed by atoms with Crippen molar-refractivity contribution in [3.63, 3.8) is 0 Å². The lowest BCUT2D eigenvalue weighted by Gasteiger charge is -2.38. The van der Waals surface area contributed by atoms with Gasteiger partial charge >= 0.3 is 11.9 Å². The Balaban J connectivity index is 1.56. The lowest BCUT2D eigenvalue weighted by Crippen LogP contribution is -2.37. The molecule has 1 heterocycles. The second kappa shape index (κ2) is 12.0. The fourth-order valence-corrected chi connectivity index (χ4v) is 5.05.